The van der Waals surface area contributed by atoms with Gasteiger partial charge in [0.2, 0.25) is 10.0 Å². The van der Waals surface area contributed by atoms with E-state index in [9.17, 15) is 22.4 Å². The number of rotatable bonds is 7. The number of hydrogen-bond acceptors (Lipinski definition) is 5. The van der Waals surface area contributed by atoms with E-state index in [4.69, 9.17) is 17.3 Å². The molecular formula is C17H20ClFN6O4S. The van der Waals surface area contributed by atoms with Crippen molar-refractivity contribution in [2.45, 2.75) is 18.9 Å². The van der Waals surface area contributed by atoms with Crippen molar-refractivity contribution < 1.29 is 22.4 Å². The Bertz CT molecular complexity index is 1080. The lowest BCUT2D eigenvalue weighted by Gasteiger charge is -2.34. The number of sulfonamides is 1. The Balaban J connectivity index is 1.63. The maximum atomic E-state index is 14.4. The minimum absolute atomic E-state index is 0.164. The molecule has 0 unspecified atom stereocenters. The fourth-order valence-electron chi connectivity index (χ4n) is 3.20. The van der Waals surface area contributed by atoms with Crippen LogP contribution in [-0.2, 0) is 17.1 Å². The summed E-state index contributed by atoms with van der Waals surface area (Å²) in [6.45, 7) is 0. The molecule has 13 heteroatoms. The standard InChI is InChI=1S/C17H20ClFN6O4S/c1-25-6-14(21-8-25)10-4-12(15(19)13(18)5-10)16(26)23-24-30(28,29)7-9-2-11(3-9)22-17(20)27/h4-6,8-9,11,24H,2-3,7H2,1H3,(H,23,26)(H3,20,22,27)/t9-,11-. The Morgan fingerprint density at radius 2 is 2.07 bits per heavy atom. The molecule has 0 saturated heterocycles. The van der Waals surface area contributed by atoms with Gasteiger partial charge in [0.15, 0.2) is 5.82 Å². The zero-order valence-corrected chi connectivity index (χ0v) is 17.4. The van der Waals surface area contributed by atoms with Crippen molar-refractivity contribution >= 4 is 33.6 Å². The number of urea groups is 1. The Morgan fingerprint density at radius 1 is 1.37 bits per heavy atom. The number of primary amides is 1. The number of nitrogens with zero attached hydrogens (tertiary/aromatic N) is 2. The minimum atomic E-state index is -3.88. The van der Waals surface area contributed by atoms with Crippen LogP contribution in [0.4, 0.5) is 9.18 Å². The smallest absolute Gasteiger partial charge is 0.312 e. The number of aryl methyl sites for hydroxylation is 1. The first-order valence-electron chi connectivity index (χ1n) is 8.87. The molecular weight excluding hydrogens is 439 g/mol. The molecule has 1 heterocycles. The van der Waals surface area contributed by atoms with Crippen LogP contribution >= 0.6 is 11.6 Å². The van der Waals surface area contributed by atoms with Crippen LogP contribution in [-0.4, -0.2) is 41.7 Å². The normalized spacial score (nSPS) is 18.5. The molecule has 162 valence electrons. The predicted octanol–water partition coefficient (Wildman–Crippen LogP) is 0.891. The largest absolute Gasteiger partial charge is 0.352 e. The van der Waals surface area contributed by atoms with Crippen LogP contribution in [0.5, 0.6) is 0 Å². The van der Waals surface area contributed by atoms with Gasteiger partial charge in [0.25, 0.3) is 5.91 Å². The number of nitrogens with two attached hydrogens (primary N) is 1. The topological polar surface area (TPSA) is 148 Å². The highest BCUT2D eigenvalue weighted by atomic mass is 35.5. The van der Waals surface area contributed by atoms with Crippen LogP contribution in [0.2, 0.25) is 5.02 Å². The van der Waals surface area contributed by atoms with Gasteiger partial charge in [-0.3, -0.25) is 10.2 Å². The molecule has 1 saturated carbocycles. The van der Waals surface area contributed by atoms with E-state index in [0.717, 1.165) is 0 Å². The molecule has 0 spiro atoms. The SMILES string of the molecule is Cn1cnc(-c2cc(Cl)c(F)c(C(=O)NNS(=O)(=O)C[C@H]3C[C@H](NC(N)=O)C3)c2)c1. The summed E-state index contributed by atoms with van der Waals surface area (Å²) >= 11 is 5.89. The average Bonchev–Trinajstić information content (AvgIpc) is 3.06. The monoisotopic (exact) mass is 458 g/mol. The van der Waals surface area contributed by atoms with Gasteiger partial charge in [-0.1, -0.05) is 11.6 Å². The average molecular weight is 459 g/mol. The van der Waals surface area contributed by atoms with E-state index in [0.29, 0.717) is 24.1 Å². The lowest BCUT2D eigenvalue weighted by atomic mass is 9.82. The summed E-state index contributed by atoms with van der Waals surface area (Å²) in [5, 5.41) is 2.19. The maximum Gasteiger partial charge on any atom is 0.312 e. The van der Waals surface area contributed by atoms with E-state index in [1.807, 2.05) is 10.3 Å². The van der Waals surface area contributed by atoms with Crippen molar-refractivity contribution in [3.8, 4) is 11.3 Å². The number of imidazole rings is 1. The number of hydrazine groups is 1. The summed E-state index contributed by atoms with van der Waals surface area (Å²) in [6.07, 6.45) is 4.10. The molecule has 1 aromatic carbocycles. The molecule has 1 aromatic heterocycles. The van der Waals surface area contributed by atoms with Crippen molar-refractivity contribution in [1.82, 2.24) is 25.1 Å². The molecule has 3 amide bonds. The highest BCUT2D eigenvalue weighted by Crippen LogP contribution is 2.29. The number of nitrogens with one attached hydrogen (secondary N) is 3. The second-order valence-electron chi connectivity index (χ2n) is 7.12. The first-order valence-corrected chi connectivity index (χ1v) is 10.9. The van der Waals surface area contributed by atoms with E-state index >= 15 is 0 Å². The zero-order valence-electron chi connectivity index (χ0n) is 15.9. The Hall–Kier alpha value is -2.70. The molecule has 0 radical (unpaired) electrons. The summed E-state index contributed by atoms with van der Waals surface area (Å²) in [4.78, 5) is 29.2. The third kappa shape index (κ3) is 5.26. The molecule has 0 atom stereocenters. The number of aromatic nitrogens is 2. The second-order valence-corrected chi connectivity index (χ2v) is 9.30. The number of amides is 3. The summed E-state index contributed by atoms with van der Waals surface area (Å²) in [6, 6.07) is 1.73. The first kappa shape index (κ1) is 22.0. The summed E-state index contributed by atoms with van der Waals surface area (Å²) < 4.78 is 40.4. The van der Waals surface area contributed by atoms with E-state index in [1.165, 1.54) is 18.5 Å². The lowest BCUT2D eigenvalue weighted by Crippen LogP contribution is -2.50. The van der Waals surface area contributed by atoms with Gasteiger partial charge in [0, 0.05) is 24.8 Å². The van der Waals surface area contributed by atoms with E-state index in [-0.39, 0.29) is 22.7 Å². The van der Waals surface area contributed by atoms with E-state index in [1.54, 1.807) is 17.8 Å². The van der Waals surface area contributed by atoms with Gasteiger partial charge >= 0.3 is 6.03 Å². The van der Waals surface area contributed by atoms with E-state index < -0.39 is 33.3 Å². The zero-order chi connectivity index (χ0) is 22.1. The quantitative estimate of drug-likeness (QED) is 0.455. The molecule has 1 aliphatic rings. The van der Waals surface area contributed by atoms with E-state index in [2.05, 4.69) is 10.3 Å². The molecule has 0 aliphatic heterocycles. The van der Waals surface area contributed by atoms with Crippen molar-refractivity contribution in [3.05, 3.63) is 41.1 Å². The maximum absolute atomic E-state index is 14.4. The van der Waals surface area contributed by atoms with Gasteiger partial charge in [-0.15, -0.1) is 4.83 Å². The molecule has 30 heavy (non-hydrogen) atoms. The van der Waals surface area contributed by atoms with Crippen LogP contribution in [0, 0.1) is 11.7 Å². The second kappa shape index (κ2) is 8.58. The van der Waals surface area contributed by atoms with Crippen LogP contribution in [0.15, 0.2) is 24.7 Å². The van der Waals surface area contributed by atoms with Gasteiger partial charge in [-0.05, 0) is 30.9 Å². The summed E-state index contributed by atoms with van der Waals surface area (Å²) in [5.41, 5.74) is 7.45. The Morgan fingerprint density at radius 3 is 2.67 bits per heavy atom. The number of halogens is 2. The Labute approximate surface area is 177 Å². The summed E-state index contributed by atoms with van der Waals surface area (Å²) in [7, 11) is -2.13. The van der Waals surface area contributed by atoms with Gasteiger partial charge in [-0.2, -0.15) is 0 Å². The number of carbonyl (C=O) groups excluding carboxylic acids is 2. The Kier molecular flexibility index (Phi) is 6.29. The number of hydrogen-bond donors (Lipinski definition) is 4. The molecule has 1 aliphatic carbocycles. The number of carbonyl (C=O) groups is 2. The van der Waals surface area contributed by atoms with Crippen LogP contribution < -0.4 is 21.3 Å². The highest BCUT2D eigenvalue weighted by Gasteiger charge is 2.33. The fourth-order valence-corrected chi connectivity index (χ4v) is 4.64. The van der Waals surface area contributed by atoms with Crippen LogP contribution in [0.3, 0.4) is 0 Å². The molecule has 3 rings (SSSR count). The van der Waals surface area contributed by atoms with Crippen LogP contribution in [0.1, 0.15) is 23.2 Å². The first-order chi connectivity index (χ1) is 14.0. The van der Waals surface area contributed by atoms with Crippen molar-refractivity contribution in [2.24, 2.45) is 18.7 Å². The van der Waals surface area contributed by atoms with Crippen molar-refractivity contribution in [3.63, 3.8) is 0 Å². The molecule has 0 bridgehead atoms. The third-order valence-electron chi connectivity index (χ3n) is 4.63. The highest BCUT2D eigenvalue weighted by molar-refractivity contribution is 7.89. The van der Waals surface area contributed by atoms with Crippen molar-refractivity contribution in [1.29, 1.82) is 0 Å². The minimum Gasteiger partial charge on any atom is -0.352 e. The fraction of sp³-hybridized carbons (Fsp3) is 0.353. The molecule has 10 nitrogen and oxygen atoms in total. The van der Waals surface area contributed by atoms with Gasteiger partial charge in [-0.25, -0.2) is 22.6 Å². The van der Waals surface area contributed by atoms with Gasteiger partial charge in [0.1, 0.15) is 0 Å². The van der Waals surface area contributed by atoms with Crippen LogP contribution in [0.25, 0.3) is 11.3 Å². The lowest BCUT2D eigenvalue weighted by molar-refractivity contribution is 0.0940. The molecule has 1 fully saturated rings. The van der Waals surface area contributed by atoms with Gasteiger partial charge < -0.3 is 15.6 Å². The third-order valence-corrected chi connectivity index (χ3v) is 6.23. The number of benzene rings is 1. The molecule has 5 N–H and O–H groups in total. The van der Waals surface area contributed by atoms with Crippen molar-refractivity contribution in [2.75, 3.05) is 5.75 Å². The predicted molar refractivity (Wildman–Crippen MR) is 107 cm³/mol. The molecule has 2 aromatic rings. The summed E-state index contributed by atoms with van der Waals surface area (Å²) in [5.74, 6) is -2.44. The van der Waals surface area contributed by atoms with Gasteiger partial charge in [0.05, 0.1) is 28.4 Å².